The van der Waals surface area contributed by atoms with Gasteiger partial charge in [-0.2, -0.15) is 0 Å². The first-order valence-corrected chi connectivity index (χ1v) is 10.6. The molecule has 22 heavy (non-hydrogen) atoms. The summed E-state index contributed by atoms with van der Waals surface area (Å²) >= 11 is 0. The van der Waals surface area contributed by atoms with Crippen molar-refractivity contribution in [2.75, 3.05) is 0 Å². The van der Waals surface area contributed by atoms with Crippen LogP contribution in [0.25, 0.3) is 0 Å². The van der Waals surface area contributed by atoms with E-state index in [-0.39, 0.29) is 0 Å². The molecule has 0 N–H and O–H groups in total. The van der Waals surface area contributed by atoms with E-state index >= 15 is 0 Å². The van der Waals surface area contributed by atoms with E-state index in [1.165, 1.54) is 0 Å². The van der Waals surface area contributed by atoms with Crippen molar-refractivity contribution in [3.05, 3.63) is 0 Å². The molecule has 122 valence electrons. The number of hydrogen-bond acceptors (Lipinski definition) is 0. The normalized spacial score (nSPS) is 62.6. The first-order valence-electron chi connectivity index (χ1n) is 10.6. The highest BCUT2D eigenvalue weighted by atomic mass is 14.7. The first-order chi connectivity index (χ1) is 10.6. The van der Waals surface area contributed by atoms with Crippen molar-refractivity contribution in [2.45, 2.75) is 84.0 Å². The predicted molar refractivity (Wildman–Crippen MR) is 90.4 cm³/mol. The summed E-state index contributed by atoms with van der Waals surface area (Å²) in [6.45, 7) is 2.76. The summed E-state index contributed by atoms with van der Waals surface area (Å²) in [5.41, 5.74) is 1.61. The Kier molecular flexibility index (Phi) is 2.51. The van der Waals surface area contributed by atoms with E-state index in [4.69, 9.17) is 0 Å². The van der Waals surface area contributed by atoms with Crippen LogP contribution < -0.4 is 0 Å². The van der Waals surface area contributed by atoms with Gasteiger partial charge in [-0.1, -0.05) is 6.92 Å². The summed E-state index contributed by atoms with van der Waals surface area (Å²) in [4.78, 5) is 0. The highest BCUT2D eigenvalue weighted by Gasteiger charge is 2.61. The van der Waals surface area contributed by atoms with Crippen LogP contribution in [-0.2, 0) is 0 Å². The van der Waals surface area contributed by atoms with Crippen LogP contribution in [-0.4, -0.2) is 0 Å². The highest BCUT2D eigenvalue weighted by molar-refractivity contribution is 5.11. The van der Waals surface area contributed by atoms with E-state index in [0.29, 0.717) is 0 Å². The monoisotopic (exact) mass is 298 g/mol. The Bertz CT molecular complexity index is 372. The van der Waals surface area contributed by atoms with Crippen LogP contribution in [0.3, 0.4) is 0 Å². The molecule has 8 saturated carbocycles. The van der Waals surface area contributed by atoms with Crippen molar-refractivity contribution in [3.8, 4) is 0 Å². The second-order valence-corrected chi connectivity index (χ2v) is 11.3. The van der Waals surface area contributed by atoms with Crippen LogP contribution >= 0.6 is 0 Å². The Hall–Kier alpha value is 0. The van der Waals surface area contributed by atoms with E-state index in [9.17, 15) is 0 Å². The molecule has 0 spiro atoms. The summed E-state index contributed by atoms with van der Waals surface area (Å²) in [6.07, 6.45) is 19.6. The fourth-order valence-corrected chi connectivity index (χ4v) is 10.1. The molecule has 0 aromatic carbocycles. The molecule has 0 nitrogen and oxygen atoms in total. The summed E-state index contributed by atoms with van der Waals surface area (Å²) in [5.74, 6) is 7.91. The number of hydrogen-bond donors (Lipinski definition) is 0. The van der Waals surface area contributed by atoms with Gasteiger partial charge < -0.3 is 0 Å². The molecule has 0 radical (unpaired) electrons. The van der Waals surface area contributed by atoms with Gasteiger partial charge in [0.15, 0.2) is 0 Å². The van der Waals surface area contributed by atoms with Gasteiger partial charge in [0.05, 0.1) is 0 Å². The van der Waals surface area contributed by atoms with E-state index in [1.54, 1.807) is 77.0 Å². The third-order valence-corrected chi connectivity index (χ3v) is 10.0. The molecule has 8 aliphatic rings. The molecule has 0 atom stereocenters. The second-order valence-electron chi connectivity index (χ2n) is 11.3. The maximum absolute atomic E-state index is 2.76. The van der Waals surface area contributed by atoms with Crippen molar-refractivity contribution in [1.29, 1.82) is 0 Å². The zero-order valence-electron chi connectivity index (χ0n) is 14.5. The lowest BCUT2D eigenvalue weighted by atomic mass is 9.38. The average Bonchev–Trinajstić information content (AvgIpc) is 2.43. The maximum Gasteiger partial charge on any atom is -0.0259 e. The summed E-state index contributed by atoms with van der Waals surface area (Å²) < 4.78 is 0. The van der Waals surface area contributed by atoms with Crippen molar-refractivity contribution in [2.24, 2.45) is 52.3 Å². The van der Waals surface area contributed by atoms with Gasteiger partial charge in [0, 0.05) is 0 Å². The third-order valence-electron chi connectivity index (χ3n) is 10.0. The average molecular weight is 299 g/mol. The molecule has 0 heterocycles. The lowest BCUT2D eigenvalue weighted by Crippen LogP contribution is -2.57. The van der Waals surface area contributed by atoms with Crippen molar-refractivity contribution in [1.82, 2.24) is 0 Å². The van der Waals surface area contributed by atoms with Crippen LogP contribution in [0.4, 0.5) is 0 Å². The molecule has 8 bridgehead atoms. The minimum absolute atomic E-state index is 0.806. The van der Waals surface area contributed by atoms with Crippen LogP contribution in [0.15, 0.2) is 0 Å². The molecule has 8 fully saturated rings. The number of rotatable bonds is 2. The molecule has 0 heteroatoms. The minimum Gasteiger partial charge on any atom is -0.0614 e. The Balaban J connectivity index is 1.36. The van der Waals surface area contributed by atoms with Gasteiger partial charge in [-0.15, -0.1) is 0 Å². The third kappa shape index (κ3) is 1.66. The van der Waals surface area contributed by atoms with Crippen molar-refractivity contribution < 1.29 is 0 Å². The Labute approximate surface area is 136 Å². The Morgan fingerprint density at radius 3 is 0.955 bits per heavy atom. The van der Waals surface area contributed by atoms with E-state index in [1.807, 2.05) is 0 Å². The quantitative estimate of drug-likeness (QED) is 0.581. The molecule has 0 aromatic rings. The Morgan fingerprint density at radius 1 is 0.500 bits per heavy atom. The molecule has 8 rings (SSSR count). The topological polar surface area (TPSA) is 0 Å². The van der Waals surface area contributed by atoms with Crippen LogP contribution in [0.5, 0.6) is 0 Å². The van der Waals surface area contributed by atoms with Crippen molar-refractivity contribution in [3.63, 3.8) is 0 Å². The van der Waals surface area contributed by atoms with E-state index < -0.39 is 0 Å². The van der Waals surface area contributed by atoms with Crippen LogP contribution in [0, 0.1) is 52.3 Å². The van der Waals surface area contributed by atoms with Gasteiger partial charge in [-0.25, -0.2) is 0 Å². The largest absolute Gasteiger partial charge is 0.0614 e. The lowest BCUT2D eigenvalue weighted by molar-refractivity contribution is -0.165. The van der Waals surface area contributed by atoms with Gasteiger partial charge in [0.25, 0.3) is 0 Å². The van der Waals surface area contributed by atoms with E-state index in [0.717, 1.165) is 52.3 Å². The van der Waals surface area contributed by atoms with Crippen molar-refractivity contribution >= 4 is 0 Å². The fourth-order valence-electron chi connectivity index (χ4n) is 10.1. The van der Waals surface area contributed by atoms with Gasteiger partial charge in [0.2, 0.25) is 0 Å². The fraction of sp³-hybridized carbons (Fsp3) is 1.00. The van der Waals surface area contributed by atoms with Crippen LogP contribution in [0.1, 0.15) is 84.0 Å². The van der Waals surface area contributed by atoms with Gasteiger partial charge in [-0.3, -0.25) is 0 Å². The summed E-state index contributed by atoms with van der Waals surface area (Å²) in [7, 11) is 0. The minimum atomic E-state index is 0.806. The van der Waals surface area contributed by atoms with Crippen LogP contribution in [0.2, 0.25) is 0 Å². The molecule has 0 aliphatic heterocycles. The molecule has 0 unspecified atom stereocenters. The molecule has 0 amide bonds. The summed E-state index contributed by atoms with van der Waals surface area (Å²) in [5, 5.41) is 0. The zero-order valence-corrected chi connectivity index (χ0v) is 14.5. The lowest BCUT2D eigenvalue weighted by Gasteiger charge is -2.66. The van der Waals surface area contributed by atoms with Gasteiger partial charge in [-0.05, 0) is 129 Å². The molecular formula is C22H34. The molecular weight excluding hydrogens is 264 g/mol. The van der Waals surface area contributed by atoms with Gasteiger partial charge >= 0.3 is 0 Å². The smallest absolute Gasteiger partial charge is 0.0259 e. The first kappa shape index (κ1) is 13.3. The predicted octanol–water partition coefficient (Wildman–Crippen LogP) is 6.06. The molecule has 8 aliphatic carbocycles. The second kappa shape index (κ2) is 4.15. The SMILES string of the molecule is CC(C12CC3CC(CC(C3)C1)C2)C12CC3CC(CC(C3)C1)C2. The zero-order chi connectivity index (χ0) is 14.5. The molecule has 0 saturated heterocycles. The maximum atomic E-state index is 2.76. The van der Waals surface area contributed by atoms with Gasteiger partial charge in [0.1, 0.15) is 0 Å². The van der Waals surface area contributed by atoms with E-state index in [2.05, 4.69) is 6.92 Å². The summed E-state index contributed by atoms with van der Waals surface area (Å²) in [6, 6.07) is 0. The highest BCUT2D eigenvalue weighted by Crippen LogP contribution is 2.71. The Morgan fingerprint density at radius 2 is 0.727 bits per heavy atom. The molecule has 0 aromatic heterocycles. The standard InChI is InChI=1S/C22H34/c1-14(21-8-15-2-16(9-21)4-17(3-15)10-21)22-11-18-5-19(12-22)7-20(6-18)13-22/h14-20H,2-13H2,1H3.